The van der Waals surface area contributed by atoms with Crippen LogP contribution in [-0.4, -0.2) is 11.4 Å². The summed E-state index contributed by atoms with van der Waals surface area (Å²) in [6.45, 7) is 7.58. The third-order valence-electron chi connectivity index (χ3n) is 2.82. The first kappa shape index (κ1) is 14.5. The van der Waals surface area contributed by atoms with Crippen LogP contribution in [0.3, 0.4) is 0 Å². The molecule has 0 aliphatic rings. The van der Waals surface area contributed by atoms with Gasteiger partial charge in [0.25, 0.3) is 0 Å². The minimum Gasteiger partial charge on any atom is -0.371 e. The second-order valence-corrected chi connectivity index (χ2v) is 5.44. The topological polar surface area (TPSA) is 55.1 Å². The highest BCUT2D eigenvalue weighted by Crippen LogP contribution is 2.23. The smallest absolute Gasteiger partial charge is 0.242 e. The van der Waals surface area contributed by atoms with Gasteiger partial charge in [-0.2, -0.15) is 0 Å². The van der Waals surface area contributed by atoms with Crippen molar-refractivity contribution in [1.29, 1.82) is 0 Å². The Morgan fingerprint density at radius 2 is 2.06 bits per heavy atom. The molecule has 3 nitrogen and oxygen atoms in total. The van der Waals surface area contributed by atoms with Gasteiger partial charge in [-0.25, -0.2) is 4.39 Å². The number of nitrogens with one attached hydrogen (secondary N) is 1. The predicted octanol–water partition coefficient (Wildman–Crippen LogP) is 2.84. The molecule has 0 aromatic heterocycles. The van der Waals surface area contributed by atoms with Crippen molar-refractivity contribution in [2.75, 3.05) is 5.32 Å². The fourth-order valence-electron chi connectivity index (χ4n) is 2.16. The molecule has 0 saturated heterocycles. The molecular weight excluding hydrogens is 231 g/mol. The van der Waals surface area contributed by atoms with Crippen LogP contribution in [-0.2, 0) is 4.79 Å². The van der Waals surface area contributed by atoms with Gasteiger partial charge in [0.2, 0.25) is 5.91 Å². The van der Waals surface area contributed by atoms with Crippen molar-refractivity contribution >= 4 is 11.6 Å². The number of hydrogen-bond donors (Lipinski definition) is 2. The van der Waals surface area contributed by atoms with Gasteiger partial charge in [-0.15, -0.1) is 0 Å². The SMILES string of the molecule is Cc1cc(F)cc(NC(C)(CC(C)C)C(N)=O)c1. The van der Waals surface area contributed by atoms with Gasteiger partial charge in [0.05, 0.1) is 0 Å². The lowest BCUT2D eigenvalue weighted by atomic mass is 9.89. The lowest BCUT2D eigenvalue weighted by Crippen LogP contribution is -2.48. The van der Waals surface area contributed by atoms with E-state index in [1.807, 2.05) is 13.8 Å². The van der Waals surface area contributed by atoms with E-state index in [1.54, 1.807) is 19.9 Å². The molecular formula is C14H21FN2O. The van der Waals surface area contributed by atoms with Crippen LogP contribution in [0.2, 0.25) is 0 Å². The van der Waals surface area contributed by atoms with E-state index in [1.165, 1.54) is 12.1 Å². The van der Waals surface area contributed by atoms with Gasteiger partial charge in [0, 0.05) is 5.69 Å². The van der Waals surface area contributed by atoms with E-state index in [-0.39, 0.29) is 5.82 Å². The second-order valence-electron chi connectivity index (χ2n) is 5.44. The molecule has 18 heavy (non-hydrogen) atoms. The zero-order valence-corrected chi connectivity index (χ0v) is 11.4. The van der Waals surface area contributed by atoms with Crippen LogP contribution in [0.1, 0.15) is 32.8 Å². The predicted molar refractivity (Wildman–Crippen MR) is 71.8 cm³/mol. The molecule has 0 aliphatic carbocycles. The zero-order valence-electron chi connectivity index (χ0n) is 11.4. The van der Waals surface area contributed by atoms with E-state index in [2.05, 4.69) is 5.32 Å². The van der Waals surface area contributed by atoms with Crippen LogP contribution in [0.5, 0.6) is 0 Å². The summed E-state index contributed by atoms with van der Waals surface area (Å²) in [6.07, 6.45) is 0.595. The average molecular weight is 252 g/mol. The Morgan fingerprint density at radius 3 is 2.50 bits per heavy atom. The number of carbonyl (C=O) groups is 1. The zero-order chi connectivity index (χ0) is 13.9. The summed E-state index contributed by atoms with van der Waals surface area (Å²) in [4.78, 5) is 11.6. The molecule has 1 atom stereocenters. The minimum atomic E-state index is -0.867. The molecule has 1 unspecified atom stereocenters. The summed E-state index contributed by atoms with van der Waals surface area (Å²) in [5, 5.41) is 3.05. The summed E-state index contributed by atoms with van der Waals surface area (Å²) < 4.78 is 13.3. The van der Waals surface area contributed by atoms with Crippen LogP contribution in [0.4, 0.5) is 10.1 Å². The Morgan fingerprint density at radius 1 is 1.44 bits per heavy atom. The summed E-state index contributed by atoms with van der Waals surface area (Å²) in [5.74, 6) is -0.448. The van der Waals surface area contributed by atoms with E-state index in [0.717, 1.165) is 5.56 Å². The lowest BCUT2D eigenvalue weighted by Gasteiger charge is -2.30. The molecule has 0 aliphatic heterocycles. The maximum atomic E-state index is 13.3. The number of rotatable bonds is 5. The van der Waals surface area contributed by atoms with Crippen molar-refractivity contribution < 1.29 is 9.18 Å². The molecule has 1 aromatic rings. The number of nitrogens with two attached hydrogens (primary N) is 1. The maximum Gasteiger partial charge on any atom is 0.242 e. The first-order chi connectivity index (χ1) is 8.23. The maximum absolute atomic E-state index is 13.3. The van der Waals surface area contributed by atoms with Gasteiger partial charge in [-0.1, -0.05) is 13.8 Å². The number of benzene rings is 1. The largest absolute Gasteiger partial charge is 0.371 e. The Balaban J connectivity index is 2.99. The van der Waals surface area contributed by atoms with Gasteiger partial charge in [-0.3, -0.25) is 4.79 Å². The molecule has 0 radical (unpaired) electrons. The standard InChI is InChI=1S/C14H21FN2O/c1-9(2)8-14(4,13(16)18)17-12-6-10(3)5-11(15)7-12/h5-7,9,17H,8H2,1-4H3,(H2,16,18). The van der Waals surface area contributed by atoms with E-state index in [4.69, 9.17) is 5.73 Å². The number of primary amides is 1. The van der Waals surface area contributed by atoms with Crippen molar-refractivity contribution in [2.45, 2.75) is 39.7 Å². The summed E-state index contributed by atoms with van der Waals surface area (Å²) in [5.41, 5.74) is 5.96. The number of halogens is 1. The monoisotopic (exact) mass is 252 g/mol. The number of hydrogen-bond acceptors (Lipinski definition) is 2. The molecule has 0 bridgehead atoms. The fourth-order valence-corrected chi connectivity index (χ4v) is 2.16. The van der Waals surface area contributed by atoms with Gasteiger partial charge < -0.3 is 11.1 Å². The quantitative estimate of drug-likeness (QED) is 0.846. The molecule has 0 heterocycles. The molecule has 0 fully saturated rings. The van der Waals surface area contributed by atoms with E-state index in [0.29, 0.717) is 18.0 Å². The molecule has 100 valence electrons. The van der Waals surface area contributed by atoms with E-state index < -0.39 is 11.4 Å². The Hall–Kier alpha value is -1.58. The summed E-state index contributed by atoms with van der Waals surface area (Å²) in [6, 6.07) is 4.61. The Labute approximate surface area is 108 Å². The third-order valence-corrected chi connectivity index (χ3v) is 2.82. The molecule has 1 rings (SSSR count). The molecule has 1 aromatic carbocycles. The van der Waals surface area contributed by atoms with E-state index in [9.17, 15) is 9.18 Å². The molecule has 1 amide bonds. The highest BCUT2D eigenvalue weighted by molar-refractivity contribution is 5.87. The number of aryl methyl sites for hydroxylation is 1. The minimum absolute atomic E-state index is 0.310. The normalized spacial score (nSPS) is 14.3. The second kappa shape index (κ2) is 5.38. The Kier molecular flexibility index (Phi) is 4.33. The summed E-state index contributed by atoms with van der Waals surface area (Å²) >= 11 is 0. The molecule has 3 N–H and O–H groups in total. The number of anilines is 1. The highest BCUT2D eigenvalue weighted by Gasteiger charge is 2.31. The number of amides is 1. The number of carbonyl (C=O) groups excluding carboxylic acids is 1. The van der Waals surface area contributed by atoms with Crippen LogP contribution < -0.4 is 11.1 Å². The van der Waals surface area contributed by atoms with Gasteiger partial charge in [-0.05, 0) is 49.9 Å². The first-order valence-corrected chi connectivity index (χ1v) is 6.08. The highest BCUT2D eigenvalue weighted by atomic mass is 19.1. The van der Waals surface area contributed by atoms with Crippen molar-refractivity contribution in [2.24, 2.45) is 11.7 Å². The van der Waals surface area contributed by atoms with Gasteiger partial charge >= 0.3 is 0 Å². The van der Waals surface area contributed by atoms with E-state index >= 15 is 0 Å². The molecule has 4 heteroatoms. The average Bonchev–Trinajstić information content (AvgIpc) is 2.13. The molecule has 0 spiro atoms. The fraction of sp³-hybridized carbons (Fsp3) is 0.500. The van der Waals surface area contributed by atoms with Crippen molar-refractivity contribution in [1.82, 2.24) is 0 Å². The van der Waals surface area contributed by atoms with Gasteiger partial charge in [0.15, 0.2) is 0 Å². The van der Waals surface area contributed by atoms with Crippen molar-refractivity contribution in [3.63, 3.8) is 0 Å². The van der Waals surface area contributed by atoms with Crippen LogP contribution >= 0.6 is 0 Å². The first-order valence-electron chi connectivity index (χ1n) is 6.08. The lowest BCUT2D eigenvalue weighted by molar-refractivity contribution is -0.122. The van der Waals surface area contributed by atoms with Crippen molar-refractivity contribution in [3.05, 3.63) is 29.6 Å². The summed E-state index contributed by atoms with van der Waals surface area (Å²) in [7, 11) is 0. The van der Waals surface area contributed by atoms with Gasteiger partial charge in [0.1, 0.15) is 11.4 Å². The third kappa shape index (κ3) is 3.72. The van der Waals surface area contributed by atoms with Crippen molar-refractivity contribution in [3.8, 4) is 0 Å². The Bertz CT molecular complexity index is 425. The van der Waals surface area contributed by atoms with Crippen LogP contribution in [0.25, 0.3) is 0 Å². The van der Waals surface area contributed by atoms with Crippen LogP contribution in [0.15, 0.2) is 18.2 Å². The molecule has 0 saturated carbocycles. The van der Waals surface area contributed by atoms with Crippen LogP contribution in [0, 0.1) is 18.7 Å².